The molecule has 7 heteroatoms. The van der Waals surface area contributed by atoms with E-state index in [9.17, 15) is 0 Å². The van der Waals surface area contributed by atoms with E-state index < -0.39 is 0 Å². The molecule has 6 nitrogen and oxygen atoms in total. The molecule has 1 aliphatic heterocycles. The van der Waals surface area contributed by atoms with Gasteiger partial charge in [0, 0.05) is 48.5 Å². The van der Waals surface area contributed by atoms with Gasteiger partial charge in [-0.3, -0.25) is 14.9 Å². The number of aromatic amines is 1. The lowest BCUT2D eigenvalue weighted by molar-refractivity contribution is 0.121. The third kappa shape index (κ3) is 4.15. The zero-order chi connectivity index (χ0) is 15.2. The number of thiophene rings is 1. The molecule has 3 rings (SSSR count). The summed E-state index contributed by atoms with van der Waals surface area (Å²) in [5, 5.41) is 17.6. The minimum Gasteiger partial charge on any atom is -0.384 e. The molecule has 22 heavy (non-hydrogen) atoms. The number of rotatable bonds is 4. The number of nitrogens with zero attached hydrogens (tertiary/aromatic N) is 4. The fourth-order valence-electron chi connectivity index (χ4n) is 2.52. The molecule has 0 bridgehead atoms. The molecule has 2 aromatic heterocycles. The van der Waals surface area contributed by atoms with E-state index in [1.54, 1.807) is 17.7 Å². The second-order valence-electron chi connectivity index (χ2n) is 5.25. The summed E-state index contributed by atoms with van der Waals surface area (Å²) in [6.07, 6.45) is 1.56. The Morgan fingerprint density at radius 2 is 2.00 bits per heavy atom. The number of aromatic nitrogens is 3. The summed E-state index contributed by atoms with van der Waals surface area (Å²) in [6.45, 7) is 5.94. The Bertz CT molecular complexity index is 634. The first-order chi connectivity index (χ1) is 10.8. The van der Waals surface area contributed by atoms with E-state index in [0.29, 0.717) is 0 Å². The summed E-state index contributed by atoms with van der Waals surface area (Å²) in [7, 11) is 0. The van der Waals surface area contributed by atoms with Gasteiger partial charge in [0.2, 0.25) is 0 Å². The fourth-order valence-corrected chi connectivity index (χ4v) is 3.37. The first kappa shape index (κ1) is 15.2. The third-order valence-corrected chi connectivity index (χ3v) is 4.57. The lowest BCUT2D eigenvalue weighted by atomic mass is 10.2. The molecule has 2 aromatic rings. The van der Waals surface area contributed by atoms with Crippen LogP contribution in [0.4, 0.5) is 0 Å². The largest absolute Gasteiger partial charge is 0.384 e. The highest BCUT2D eigenvalue weighted by Gasteiger charge is 2.18. The van der Waals surface area contributed by atoms with E-state index in [2.05, 4.69) is 48.3 Å². The Labute approximate surface area is 133 Å². The Balaban J connectivity index is 1.46. The van der Waals surface area contributed by atoms with E-state index in [0.717, 1.165) is 50.7 Å². The Hall–Kier alpha value is -1.72. The molecular formula is C15H19N5OS. The predicted octanol–water partition coefficient (Wildman–Crippen LogP) is 0.528. The molecule has 0 atom stereocenters. The second-order valence-corrected chi connectivity index (χ2v) is 6.24. The molecule has 0 spiro atoms. The maximum Gasteiger partial charge on any atom is 0.138 e. The lowest BCUT2D eigenvalue weighted by Crippen LogP contribution is -2.45. The van der Waals surface area contributed by atoms with E-state index in [-0.39, 0.29) is 6.61 Å². The highest BCUT2D eigenvalue weighted by molar-refractivity contribution is 7.10. The molecular weight excluding hydrogens is 298 g/mol. The predicted molar refractivity (Wildman–Crippen MR) is 85.2 cm³/mol. The number of aliphatic hydroxyl groups excluding tert-OH is 1. The van der Waals surface area contributed by atoms with Crippen molar-refractivity contribution in [2.45, 2.75) is 13.1 Å². The van der Waals surface area contributed by atoms with Gasteiger partial charge in [-0.05, 0) is 6.07 Å². The minimum absolute atomic E-state index is 0.0850. The van der Waals surface area contributed by atoms with Crippen LogP contribution in [0.3, 0.4) is 0 Å². The molecule has 0 aliphatic carbocycles. The van der Waals surface area contributed by atoms with Crippen molar-refractivity contribution in [1.82, 2.24) is 25.0 Å². The maximum absolute atomic E-state index is 8.72. The molecule has 0 radical (unpaired) electrons. The molecule has 1 aliphatic rings. The second kappa shape index (κ2) is 7.51. The van der Waals surface area contributed by atoms with Crippen molar-refractivity contribution >= 4 is 11.3 Å². The molecule has 0 aromatic carbocycles. The quantitative estimate of drug-likeness (QED) is 0.805. The number of aliphatic hydroxyl groups is 1. The van der Waals surface area contributed by atoms with Crippen molar-refractivity contribution in [1.29, 1.82) is 0 Å². The van der Waals surface area contributed by atoms with Gasteiger partial charge in [0.05, 0.1) is 6.54 Å². The molecule has 0 saturated carbocycles. The molecule has 1 fully saturated rings. The topological polar surface area (TPSA) is 68.3 Å². The average molecular weight is 317 g/mol. The van der Waals surface area contributed by atoms with E-state index in [4.69, 9.17) is 5.11 Å². The Kier molecular flexibility index (Phi) is 5.19. The zero-order valence-corrected chi connectivity index (χ0v) is 13.1. The van der Waals surface area contributed by atoms with Gasteiger partial charge < -0.3 is 5.11 Å². The summed E-state index contributed by atoms with van der Waals surface area (Å²) in [6, 6.07) is 2.12. The van der Waals surface area contributed by atoms with Crippen LogP contribution in [0.1, 0.15) is 16.3 Å². The Morgan fingerprint density at radius 3 is 2.68 bits per heavy atom. The number of H-pyrrole nitrogens is 1. The van der Waals surface area contributed by atoms with E-state index in [1.165, 1.54) is 4.88 Å². The highest BCUT2D eigenvalue weighted by atomic mass is 32.1. The van der Waals surface area contributed by atoms with Crippen LogP contribution in [0.2, 0.25) is 0 Å². The summed E-state index contributed by atoms with van der Waals surface area (Å²) < 4.78 is 0. The van der Waals surface area contributed by atoms with Crippen LogP contribution in [-0.4, -0.2) is 62.9 Å². The van der Waals surface area contributed by atoms with E-state index in [1.807, 2.05) is 0 Å². The summed E-state index contributed by atoms with van der Waals surface area (Å²) in [5.41, 5.74) is 0.998. The minimum atomic E-state index is -0.0850. The van der Waals surface area contributed by atoms with Crippen molar-refractivity contribution in [2.24, 2.45) is 0 Å². The third-order valence-electron chi connectivity index (χ3n) is 3.65. The van der Waals surface area contributed by atoms with Crippen molar-refractivity contribution in [3.8, 4) is 11.8 Å². The van der Waals surface area contributed by atoms with Crippen LogP contribution in [0, 0.1) is 11.8 Å². The zero-order valence-electron chi connectivity index (χ0n) is 12.3. The molecule has 0 amide bonds. The number of piperazine rings is 1. The standard InChI is InChI=1S/C15H19N5OS/c21-7-1-2-13-8-14(22-11-13)9-19-3-5-20(6-4-19)10-15-16-12-17-18-15/h8,11-12,21H,3-7,9-10H2,(H,16,17,18). The van der Waals surface area contributed by atoms with Crippen LogP contribution in [-0.2, 0) is 13.1 Å². The molecule has 116 valence electrons. The van der Waals surface area contributed by atoms with Crippen LogP contribution in [0.5, 0.6) is 0 Å². The van der Waals surface area contributed by atoms with Gasteiger partial charge in [-0.2, -0.15) is 5.10 Å². The molecule has 3 heterocycles. The van der Waals surface area contributed by atoms with Crippen LogP contribution < -0.4 is 0 Å². The molecule has 1 saturated heterocycles. The van der Waals surface area contributed by atoms with Crippen molar-refractivity contribution < 1.29 is 5.11 Å². The van der Waals surface area contributed by atoms with Gasteiger partial charge in [-0.1, -0.05) is 11.8 Å². The Morgan fingerprint density at radius 1 is 1.23 bits per heavy atom. The molecule has 2 N–H and O–H groups in total. The number of nitrogens with one attached hydrogen (secondary N) is 1. The summed E-state index contributed by atoms with van der Waals surface area (Å²) >= 11 is 1.74. The number of hydrogen-bond donors (Lipinski definition) is 2. The number of hydrogen-bond acceptors (Lipinski definition) is 6. The first-order valence-corrected chi connectivity index (χ1v) is 8.17. The summed E-state index contributed by atoms with van der Waals surface area (Å²) in [5.74, 6) is 6.57. The van der Waals surface area contributed by atoms with Crippen LogP contribution >= 0.6 is 11.3 Å². The SMILES string of the molecule is OCC#Cc1csc(CN2CCN(Cc3ncn[nH]3)CC2)c1. The van der Waals surface area contributed by atoms with Gasteiger partial charge in [-0.25, -0.2) is 4.98 Å². The average Bonchev–Trinajstić information content (AvgIpc) is 3.19. The van der Waals surface area contributed by atoms with Gasteiger partial charge in [0.25, 0.3) is 0 Å². The van der Waals surface area contributed by atoms with Gasteiger partial charge in [-0.15, -0.1) is 11.3 Å². The highest BCUT2D eigenvalue weighted by Crippen LogP contribution is 2.17. The maximum atomic E-state index is 8.72. The van der Waals surface area contributed by atoms with Crippen molar-refractivity contribution in [3.63, 3.8) is 0 Å². The van der Waals surface area contributed by atoms with Gasteiger partial charge in [0.1, 0.15) is 18.8 Å². The van der Waals surface area contributed by atoms with Gasteiger partial charge >= 0.3 is 0 Å². The van der Waals surface area contributed by atoms with E-state index >= 15 is 0 Å². The molecule has 0 unspecified atom stereocenters. The van der Waals surface area contributed by atoms with Crippen LogP contribution in [0.15, 0.2) is 17.8 Å². The van der Waals surface area contributed by atoms with Gasteiger partial charge in [0.15, 0.2) is 0 Å². The summed E-state index contributed by atoms with van der Waals surface area (Å²) in [4.78, 5) is 10.4. The van der Waals surface area contributed by atoms with Crippen LogP contribution in [0.25, 0.3) is 0 Å². The van der Waals surface area contributed by atoms with Crippen molar-refractivity contribution in [2.75, 3.05) is 32.8 Å². The smallest absolute Gasteiger partial charge is 0.138 e. The first-order valence-electron chi connectivity index (χ1n) is 7.29. The lowest BCUT2D eigenvalue weighted by Gasteiger charge is -2.33. The van der Waals surface area contributed by atoms with Crippen molar-refractivity contribution in [3.05, 3.63) is 34.0 Å². The monoisotopic (exact) mass is 317 g/mol. The normalized spacial score (nSPS) is 16.4. The fraction of sp³-hybridized carbons (Fsp3) is 0.467.